The molecule has 9 nitrogen and oxygen atoms in total. The van der Waals surface area contributed by atoms with Gasteiger partial charge < -0.3 is 18.9 Å². The first kappa shape index (κ1) is 71.2. The number of hydrogen-bond acceptors (Lipinski definition) is 7. The van der Waals surface area contributed by atoms with Crippen molar-refractivity contribution in [2.24, 2.45) is 0 Å². The summed E-state index contributed by atoms with van der Waals surface area (Å²) in [6.45, 7) is 4.23. The second-order valence-corrected chi connectivity index (χ2v) is 21.7. The number of quaternary nitrogens is 1. The number of ether oxygens (including phenoxy) is 2. The lowest BCUT2D eigenvalue weighted by Gasteiger charge is -2.24. The lowest BCUT2D eigenvalue weighted by atomic mass is 10.1. The van der Waals surface area contributed by atoms with Crippen LogP contribution in [0.3, 0.4) is 0 Å². The van der Waals surface area contributed by atoms with Gasteiger partial charge in [-0.25, -0.2) is 4.57 Å². The van der Waals surface area contributed by atoms with Gasteiger partial charge in [-0.15, -0.1) is 0 Å². The van der Waals surface area contributed by atoms with E-state index in [1.54, 1.807) is 0 Å². The SMILES string of the molecule is CC/C=C\C/C=C\C/C=C\C/C=C\C/C=C\C/C=C\C/C=C\C/C=C\C/C=C\CCCCCCCCCCCC(=O)OC(COC(=O)CCCCCCC/C=C\C/C=C\CCCC)COP(=O)(O)OCC[N+](C)(C)C. The summed E-state index contributed by atoms with van der Waals surface area (Å²) in [6, 6.07) is 0. The number of rotatable bonds is 52. The van der Waals surface area contributed by atoms with Crippen LogP contribution < -0.4 is 0 Å². The minimum atomic E-state index is -4.40. The Bertz CT molecular complexity index is 1730. The maximum atomic E-state index is 12.8. The van der Waals surface area contributed by atoms with Gasteiger partial charge in [-0.1, -0.05) is 225 Å². The van der Waals surface area contributed by atoms with Crippen molar-refractivity contribution in [3.63, 3.8) is 0 Å². The predicted molar refractivity (Wildman–Crippen MR) is 320 cm³/mol. The second kappa shape index (κ2) is 54.9. The number of carbonyl (C=O) groups is 2. The van der Waals surface area contributed by atoms with Gasteiger partial charge in [0.05, 0.1) is 27.7 Å². The predicted octanol–water partition coefficient (Wildman–Crippen LogP) is 18.5. The van der Waals surface area contributed by atoms with Crippen LogP contribution in [0.4, 0.5) is 0 Å². The Balaban J connectivity index is 4.14. The van der Waals surface area contributed by atoms with E-state index < -0.39 is 26.5 Å². The molecule has 1 N–H and O–H groups in total. The fourth-order valence-corrected chi connectivity index (χ4v) is 8.12. The largest absolute Gasteiger partial charge is 0.472 e. The molecule has 0 bridgehead atoms. The zero-order chi connectivity index (χ0) is 54.9. The fraction of sp³-hybridized carbons (Fsp3) is 0.631. The molecule has 0 saturated heterocycles. The smallest absolute Gasteiger partial charge is 0.462 e. The van der Waals surface area contributed by atoms with Crippen LogP contribution in [-0.4, -0.2) is 74.9 Å². The Morgan fingerprint density at radius 3 is 1.13 bits per heavy atom. The Morgan fingerprint density at radius 1 is 0.427 bits per heavy atom. The van der Waals surface area contributed by atoms with Crippen molar-refractivity contribution < 1.29 is 42.1 Å². The first-order chi connectivity index (χ1) is 36.5. The number of esters is 2. The molecule has 0 aliphatic rings. The van der Waals surface area contributed by atoms with E-state index in [4.69, 9.17) is 18.5 Å². The van der Waals surface area contributed by atoms with Crippen molar-refractivity contribution in [2.75, 3.05) is 47.5 Å². The molecule has 0 fully saturated rings. The monoisotopic (exact) mass is 1060 g/mol. The zero-order valence-corrected chi connectivity index (χ0v) is 49.1. The number of phosphoric ester groups is 1. The molecule has 0 aromatic rings. The van der Waals surface area contributed by atoms with Crippen LogP contribution in [0.15, 0.2) is 134 Å². The fourth-order valence-electron chi connectivity index (χ4n) is 7.38. The van der Waals surface area contributed by atoms with Gasteiger partial charge in [0.15, 0.2) is 6.10 Å². The van der Waals surface area contributed by atoms with Crippen molar-refractivity contribution in [1.82, 2.24) is 0 Å². The molecule has 0 aliphatic heterocycles. The molecular weight excluding hydrogens is 954 g/mol. The molecule has 75 heavy (non-hydrogen) atoms. The highest BCUT2D eigenvalue weighted by Crippen LogP contribution is 2.43. The number of carbonyl (C=O) groups excluding carboxylic acids is 2. The van der Waals surface area contributed by atoms with Crippen LogP contribution in [0.5, 0.6) is 0 Å². The number of phosphoric acid groups is 1. The van der Waals surface area contributed by atoms with Crippen LogP contribution in [-0.2, 0) is 32.7 Å². The number of hydrogen-bond donors (Lipinski definition) is 1. The van der Waals surface area contributed by atoms with Crippen LogP contribution in [0, 0.1) is 0 Å². The summed E-state index contributed by atoms with van der Waals surface area (Å²) >= 11 is 0. The van der Waals surface area contributed by atoms with Crippen LogP contribution in [0.25, 0.3) is 0 Å². The number of allylic oxidation sites excluding steroid dienone is 22. The Labute approximate surface area is 460 Å². The maximum Gasteiger partial charge on any atom is 0.472 e. The van der Waals surface area contributed by atoms with E-state index >= 15 is 0 Å². The Hall–Kier alpha value is -3.85. The van der Waals surface area contributed by atoms with Crippen LogP contribution in [0.1, 0.15) is 213 Å². The van der Waals surface area contributed by atoms with E-state index in [1.165, 1.54) is 44.9 Å². The molecule has 0 aromatic heterocycles. The van der Waals surface area contributed by atoms with E-state index in [2.05, 4.69) is 148 Å². The molecular formula is C65H109NO8P+. The first-order valence-electron chi connectivity index (χ1n) is 29.4. The van der Waals surface area contributed by atoms with Crippen molar-refractivity contribution in [3.8, 4) is 0 Å². The Kier molecular flexibility index (Phi) is 52.1. The summed E-state index contributed by atoms with van der Waals surface area (Å²) in [5.74, 6) is -0.830. The normalized spacial score (nSPS) is 14.3. The summed E-state index contributed by atoms with van der Waals surface area (Å²) in [6.07, 6.45) is 79.5. The summed E-state index contributed by atoms with van der Waals surface area (Å²) in [5, 5.41) is 0. The average molecular weight is 1060 g/mol. The average Bonchev–Trinajstić information content (AvgIpc) is 3.37. The van der Waals surface area contributed by atoms with E-state index in [0.29, 0.717) is 23.9 Å². The number of nitrogens with zero attached hydrogens (tertiary/aromatic N) is 1. The van der Waals surface area contributed by atoms with Crippen molar-refractivity contribution in [1.29, 1.82) is 0 Å². The molecule has 426 valence electrons. The molecule has 0 radical (unpaired) electrons. The standard InChI is InChI=1S/C65H108NO8P/c1-6-8-10-12-14-16-18-20-22-23-24-25-26-27-28-29-30-31-32-33-34-35-36-37-38-39-40-41-42-43-44-46-48-50-52-54-56-58-65(68)74-63(62-73-75(69,70)72-60-59-66(3,4)5)61-71-64(67)57-55-53-51-49-47-45-21-19-17-15-13-11-9-7-2/h8,10,13-16,19-22,24-25,27-28,30-31,33-34,36-37,39-40,63H,6-7,9,11-12,17-18,23,26,29,32,35,38,41-62H2,1-5H3/p+1/b10-8-,15-13-,16-14-,21-19-,22-20-,25-24-,28-27-,31-30-,34-33-,37-36-,40-39-. The minimum Gasteiger partial charge on any atom is -0.462 e. The summed E-state index contributed by atoms with van der Waals surface area (Å²) in [4.78, 5) is 35.6. The van der Waals surface area contributed by atoms with Crippen molar-refractivity contribution in [3.05, 3.63) is 134 Å². The van der Waals surface area contributed by atoms with Crippen molar-refractivity contribution >= 4 is 19.8 Å². The summed E-state index contributed by atoms with van der Waals surface area (Å²) in [5.41, 5.74) is 0. The molecule has 2 unspecified atom stereocenters. The first-order valence-corrected chi connectivity index (χ1v) is 30.9. The van der Waals surface area contributed by atoms with E-state index in [0.717, 1.165) is 128 Å². The highest BCUT2D eigenvalue weighted by Gasteiger charge is 2.27. The van der Waals surface area contributed by atoms with Gasteiger partial charge in [0, 0.05) is 12.8 Å². The Morgan fingerprint density at radius 2 is 0.760 bits per heavy atom. The van der Waals surface area contributed by atoms with Crippen molar-refractivity contribution in [2.45, 2.75) is 219 Å². The molecule has 0 aromatic carbocycles. The van der Waals surface area contributed by atoms with Gasteiger partial charge in [-0.05, 0) is 109 Å². The van der Waals surface area contributed by atoms with E-state index in [1.807, 2.05) is 21.1 Å². The van der Waals surface area contributed by atoms with E-state index in [-0.39, 0.29) is 32.0 Å². The van der Waals surface area contributed by atoms with Gasteiger partial charge in [-0.3, -0.25) is 18.6 Å². The number of likely N-dealkylation sites (N-methyl/N-ethyl adjacent to an activating group) is 1. The van der Waals surface area contributed by atoms with Gasteiger partial charge in [0.1, 0.15) is 19.8 Å². The number of unbranched alkanes of at least 4 members (excludes halogenated alkanes) is 16. The zero-order valence-electron chi connectivity index (χ0n) is 48.2. The highest BCUT2D eigenvalue weighted by atomic mass is 31.2. The second-order valence-electron chi connectivity index (χ2n) is 20.3. The van der Waals surface area contributed by atoms with Gasteiger partial charge in [0.2, 0.25) is 0 Å². The maximum absolute atomic E-state index is 12.8. The third-order valence-corrected chi connectivity index (χ3v) is 12.9. The van der Waals surface area contributed by atoms with Crippen LogP contribution >= 0.6 is 7.82 Å². The summed E-state index contributed by atoms with van der Waals surface area (Å²) in [7, 11) is 1.45. The summed E-state index contributed by atoms with van der Waals surface area (Å²) < 4.78 is 34.5. The molecule has 0 amide bonds. The third-order valence-electron chi connectivity index (χ3n) is 11.9. The molecule has 0 aliphatic carbocycles. The van der Waals surface area contributed by atoms with Gasteiger partial charge in [0.25, 0.3) is 0 Å². The van der Waals surface area contributed by atoms with E-state index in [9.17, 15) is 19.0 Å². The van der Waals surface area contributed by atoms with Gasteiger partial charge >= 0.3 is 19.8 Å². The van der Waals surface area contributed by atoms with Gasteiger partial charge in [-0.2, -0.15) is 0 Å². The quantitative estimate of drug-likeness (QED) is 0.0211. The topological polar surface area (TPSA) is 108 Å². The molecule has 0 saturated carbocycles. The lowest BCUT2D eigenvalue weighted by molar-refractivity contribution is -0.870. The lowest BCUT2D eigenvalue weighted by Crippen LogP contribution is -2.37. The minimum absolute atomic E-state index is 0.0215. The molecule has 0 spiro atoms. The highest BCUT2D eigenvalue weighted by molar-refractivity contribution is 7.47. The molecule has 10 heteroatoms. The molecule has 0 rings (SSSR count). The molecule has 2 atom stereocenters. The molecule has 0 heterocycles. The third kappa shape index (κ3) is 59.3. The van der Waals surface area contributed by atoms with Crippen LogP contribution in [0.2, 0.25) is 0 Å².